The highest BCUT2D eigenvalue weighted by molar-refractivity contribution is 7.90. The van der Waals surface area contributed by atoms with Gasteiger partial charge in [0.1, 0.15) is 0 Å². The molecule has 10 heteroatoms. The molecule has 2 aromatic rings. The lowest BCUT2D eigenvalue weighted by molar-refractivity contribution is -0.137. The number of alkyl halides is 3. The van der Waals surface area contributed by atoms with Crippen LogP contribution in [-0.2, 0) is 16.2 Å². The molecule has 6 nitrogen and oxygen atoms in total. The molecule has 0 radical (unpaired) electrons. The largest absolute Gasteiger partial charge is 0.417 e. The van der Waals surface area contributed by atoms with Crippen LogP contribution in [0, 0.1) is 0 Å². The molecule has 0 amide bonds. The quantitative estimate of drug-likeness (QED) is 0.630. The van der Waals surface area contributed by atoms with Crippen LogP contribution in [0.2, 0.25) is 0 Å². The third-order valence-electron chi connectivity index (χ3n) is 3.32. The first-order valence-electron chi connectivity index (χ1n) is 7.36. The van der Waals surface area contributed by atoms with Gasteiger partial charge in [-0.1, -0.05) is 6.07 Å². The van der Waals surface area contributed by atoms with E-state index in [4.69, 9.17) is 5.73 Å². The zero-order valence-electron chi connectivity index (χ0n) is 14.0. The lowest BCUT2D eigenvalue weighted by atomic mass is 10.1. The number of halogens is 3. The van der Waals surface area contributed by atoms with Crippen LogP contribution in [0.4, 0.5) is 18.9 Å². The van der Waals surface area contributed by atoms with Crippen molar-refractivity contribution in [1.82, 2.24) is 9.88 Å². The lowest BCUT2D eigenvalue weighted by Crippen LogP contribution is -2.14. The molecule has 140 valence electrons. The Hall–Kier alpha value is -2.46. The summed E-state index contributed by atoms with van der Waals surface area (Å²) < 4.78 is 67.4. The van der Waals surface area contributed by atoms with E-state index in [2.05, 4.69) is 9.38 Å². The number of benzene rings is 1. The Morgan fingerprint density at radius 3 is 2.54 bits per heavy atom. The number of aromatic nitrogens is 1. The summed E-state index contributed by atoms with van der Waals surface area (Å²) in [6, 6.07) is 4.73. The molecule has 0 atom stereocenters. The molecule has 0 unspecified atom stereocenters. The molecule has 26 heavy (non-hydrogen) atoms. The average molecular weight is 386 g/mol. The molecule has 0 saturated heterocycles. The Kier molecular flexibility index (Phi) is 5.67. The highest BCUT2D eigenvalue weighted by Gasteiger charge is 2.31. The third kappa shape index (κ3) is 4.79. The van der Waals surface area contributed by atoms with Crippen LogP contribution in [-0.4, -0.2) is 45.2 Å². The predicted octanol–water partition coefficient (Wildman–Crippen LogP) is 2.67. The third-order valence-corrected chi connectivity index (χ3v) is 4.64. The van der Waals surface area contributed by atoms with Crippen LogP contribution in [0.3, 0.4) is 0 Å². The minimum atomic E-state index is -4.60. The normalized spacial score (nSPS) is 12.8. The first kappa shape index (κ1) is 19.9. The van der Waals surface area contributed by atoms with Crippen molar-refractivity contribution in [2.45, 2.75) is 11.1 Å². The van der Waals surface area contributed by atoms with Gasteiger partial charge in [0, 0.05) is 42.0 Å². The second-order valence-electron chi connectivity index (χ2n) is 5.74. The Morgan fingerprint density at radius 1 is 1.23 bits per heavy atom. The Morgan fingerprint density at radius 2 is 1.92 bits per heavy atom. The summed E-state index contributed by atoms with van der Waals surface area (Å²) in [5.74, 6) is 0. The fraction of sp³-hybridized carbons (Fsp3) is 0.250. The summed E-state index contributed by atoms with van der Waals surface area (Å²) in [6.45, 7) is 0.280. The fourth-order valence-corrected chi connectivity index (χ4v) is 3.21. The van der Waals surface area contributed by atoms with Gasteiger partial charge in [0.05, 0.1) is 10.5 Å². The second-order valence-corrected chi connectivity index (χ2v) is 7.34. The summed E-state index contributed by atoms with van der Waals surface area (Å²) in [5.41, 5.74) is 4.87. The van der Waals surface area contributed by atoms with Crippen molar-refractivity contribution in [1.29, 1.82) is 0 Å². The maximum absolute atomic E-state index is 12.9. The van der Waals surface area contributed by atoms with Crippen molar-refractivity contribution >= 4 is 21.9 Å². The van der Waals surface area contributed by atoms with Crippen molar-refractivity contribution in [3.8, 4) is 11.1 Å². The molecule has 0 aliphatic rings. The van der Waals surface area contributed by atoms with E-state index in [1.807, 2.05) is 0 Å². The van der Waals surface area contributed by atoms with Gasteiger partial charge in [-0.15, -0.1) is 0 Å². The monoisotopic (exact) mass is 386 g/mol. The molecule has 1 aromatic heterocycles. The van der Waals surface area contributed by atoms with Gasteiger partial charge >= 0.3 is 6.18 Å². The van der Waals surface area contributed by atoms with E-state index in [0.29, 0.717) is 6.20 Å². The van der Waals surface area contributed by atoms with Gasteiger partial charge in [-0.25, -0.2) is 0 Å². The van der Waals surface area contributed by atoms with E-state index < -0.39 is 21.8 Å². The summed E-state index contributed by atoms with van der Waals surface area (Å²) in [6.07, 6.45) is -1.57. The zero-order chi connectivity index (χ0) is 19.5. The molecule has 1 aromatic carbocycles. The zero-order valence-corrected chi connectivity index (χ0v) is 14.8. The van der Waals surface area contributed by atoms with Crippen LogP contribution in [0.25, 0.3) is 11.1 Å². The first-order chi connectivity index (χ1) is 12.0. The van der Waals surface area contributed by atoms with Crippen molar-refractivity contribution in [2.24, 2.45) is 4.40 Å². The number of pyridine rings is 1. The Bertz CT molecular complexity index is 925. The minimum Gasteiger partial charge on any atom is -0.399 e. The van der Waals surface area contributed by atoms with E-state index >= 15 is 0 Å². The number of sulfonamides is 1. The minimum absolute atomic E-state index is 0.00112. The van der Waals surface area contributed by atoms with Crippen LogP contribution in [0.15, 0.2) is 46.0 Å². The van der Waals surface area contributed by atoms with Gasteiger partial charge in [0.2, 0.25) is 0 Å². The predicted molar refractivity (Wildman–Crippen MR) is 93.3 cm³/mol. The van der Waals surface area contributed by atoms with Crippen LogP contribution < -0.4 is 5.73 Å². The van der Waals surface area contributed by atoms with E-state index in [1.54, 1.807) is 19.0 Å². The van der Waals surface area contributed by atoms with Gasteiger partial charge < -0.3 is 10.6 Å². The number of hydrogen-bond donors (Lipinski definition) is 1. The topological polar surface area (TPSA) is 88.7 Å². The maximum atomic E-state index is 12.9. The Labute approximate surface area is 149 Å². The second kappa shape index (κ2) is 7.42. The van der Waals surface area contributed by atoms with Crippen LogP contribution in [0.1, 0.15) is 5.56 Å². The number of nitrogen functional groups attached to an aromatic ring is 1. The summed E-state index contributed by atoms with van der Waals surface area (Å²) in [5, 5.41) is 0. The van der Waals surface area contributed by atoms with Crippen molar-refractivity contribution in [2.75, 3.05) is 26.4 Å². The van der Waals surface area contributed by atoms with Gasteiger partial charge in [0.25, 0.3) is 10.0 Å². The highest BCUT2D eigenvalue weighted by atomic mass is 32.2. The average Bonchev–Trinajstić information content (AvgIpc) is 2.53. The molecular weight excluding hydrogens is 369 g/mol. The molecule has 2 N–H and O–H groups in total. The van der Waals surface area contributed by atoms with Gasteiger partial charge in [-0.05, 0) is 32.3 Å². The molecule has 0 aliphatic carbocycles. The number of hydrogen-bond acceptors (Lipinski definition) is 5. The smallest absolute Gasteiger partial charge is 0.399 e. The number of nitrogens with zero attached hydrogens (tertiary/aromatic N) is 3. The lowest BCUT2D eigenvalue weighted by Gasteiger charge is -2.12. The van der Waals surface area contributed by atoms with E-state index in [1.165, 1.54) is 18.3 Å². The van der Waals surface area contributed by atoms with Crippen LogP contribution >= 0.6 is 0 Å². The first-order valence-corrected chi connectivity index (χ1v) is 8.80. The van der Waals surface area contributed by atoms with Gasteiger partial charge in [-0.3, -0.25) is 4.98 Å². The summed E-state index contributed by atoms with van der Waals surface area (Å²) in [4.78, 5) is 4.99. The Balaban J connectivity index is 2.58. The SMILES string of the molecule is CN(C)CC=NS(=O)(=O)c1cc(N)ccc1-c1cncc(C(F)(F)F)c1. The molecule has 0 aliphatic heterocycles. The van der Waals surface area contributed by atoms with Crippen molar-refractivity contribution in [3.63, 3.8) is 0 Å². The number of nitrogens with two attached hydrogens (primary N) is 1. The molecular formula is C16H17F3N4O2S. The summed E-state index contributed by atoms with van der Waals surface area (Å²) in [7, 11) is -0.682. The molecule has 0 bridgehead atoms. The molecule has 0 saturated carbocycles. The van der Waals surface area contributed by atoms with Crippen molar-refractivity contribution in [3.05, 3.63) is 42.2 Å². The van der Waals surface area contributed by atoms with Gasteiger partial charge in [-0.2, -0.15) is 26.0 Å². The van der Waals surface area contributed by atoms with Gasteiger partial charge in [0.15, 0.2) is 0 Å². The molecule has 0 fully saturated rings. The van der Waals surface area contributed by atoms with E-state index in [-0.39, 0.29) is 28.3 Å². The molecule has 2 rings (SSSR count). The van der Waals surface area contributed by atoms with Crippen LogP contribution in [0.5, 0.6) is 0 Å². The summed E-state index contributed by atoms with van der Waals surface area (Å²) >= 11 is 0. The fourth-order valence-electron chi connectivity index (χ4n) is 2.08. The maximum Gasteiger partial charge on any atom is 0.417 e. The number of rotatable bonds is 5. The number of anilines is 1. The molecule has 0 spiro atoms. The van der Waals surface area contributed by atoms with E-state index in [0.717, 1.165) is 18.3 Å². The standard InChI is InChI=1S/C16H17F3N4O2S/c1-23(2)6-5-22-26(24,25)15-8-13(20)3-4-14(15)11-7-12(10-21-9-11)16(17,18)19/h3-5,7-10H,6,20H2,1-2H3. The highest BCUT2D eigenvalue weighted by Crippen LogP contribution is 2.34. The molecule has 1 heterocycles. The van der Waals surface area contributed by atoms with E-state index in [9.17, 15) is 21.6 Å². The van der Waals surface area contributed by atoms with Crippen molar-refractivity contribution < 1.29 is 21.6 Å².